The number of aromatic nitrogens is 3. The predicted molar refractivity (Wildman–Crippen MR) is 107 cm³/mol. The van der Waals surface area contributed by atoms with E-state index in [1.807, 2.05) is 60.7 Å². The van der Waals surface area contributed by atoms with Crippen LogP contribution >= 0.6 is 0 Å². The number of hydrogen-bond acceptors (Lipinski definition) is 5. The van der Waals surface area contributed by atoms with Crippen LogP contribution in [0, 0.1) is 10.1 Å². The van der Waals surface area contributed by atoms with E-state index in [9.17, 15) is 10.1 Å². The number of nitro groups is 1. The van der Waals surface area contributed by atoms with Crippen molar-refractivity contribution in [1.82, 2.24) is 15.0 Å². The third-order valence-electron chi connectivity index (χ3n) is 4.14. The summed E-state index contributed by atoms with van der Waals surface area (Å²) >= 11 is 0. The molecule has 4 aromatic rings. The SMILES string of the molecule is O=[N+]([O-])c1ccc(N=Cc2nnn(-c3ccccc3)c2-c2ccccc2)cc1. The first kappa shape index (κ1) is 17.3. The number of benzene rings is 3. The van der Waals surface area contributed by atoms with Crippen molar-refractivity contribution in [3.63, 3.8) is 0 Å². The zero-order chi connectivity index (χ0) is 19.3. The van der Waals surface area contributed by atoms with Crippen LogP contribution in [0.2, 0.25) is 0 Å². The summed E-state index contributed by atoms with van der Waals surface area (Å²) in [6, 6.07) is 25.6. The van der Waals surface area contributed by atoms with Gasteiger partial charge in [0, 0.05) is 17.7 Å². The Morgan fingerprint density at radius 2 is 1.54 bits per heavy atom. The minimum atomic E-state index is -0.438. The van der Waals surface area contributed by atoms with Crippen molar-refractivity contribution in [2.75, 3.05) is 0 Å². The monoisotopic (exact) mass is 369 g/mol. The van der Waals surface area contributed by atoms with Crippen LogP contribution in [0.3, 0.4) is 0 Å². The summed E-state index contributed by atoms with van der Waals surface area (Å²) in [6.45, 7) is 0. The molecule has 136 valence electrons. The van der Waals surface area contributed by atoms with Gasteiger partial charge < -0.3 is 0 Å². The van der Waals surface area contributed by atoms with E-state index in [1.54, 1.807) is 23.0 Å². The van der Waals surface area contributed by atoms with E-state index in [0.29, 0.717) is 11.4 Å². The Hall–Kier alpha value is -4.13. The van der Waals surface area contributed by atoms with Gasteiger partial charge in [-0.05, 0) is 24.3 Å². The number of para-hydroxylation sites is 1. The molecule has 1 aromatic heterocycles. The minimum absolute atomic E-state index is 0.0268. The molecule has 0 atom stereocenters. The maximum atomic E-state index is 10.8. The highest BCUT2D eigenvalue weighted by atomic mass is 16.6. The second-order valence-electron chi connectivity index (χ2n) is 5.97. The molecule has 0 amide bonds. The summed E-state index contributed by atoms with van der Waals surface area (Å²) in [5, 5.41) is 19.4. The summed E-state index contributed by atoms with van der Waals surface area (Å²) in [7, 11) is 0. The highest BCUT2D eigenvalue weighted by molar-refractivity contribution is 5.88. The topological polar surface area (TPSA) is 86.2 Å². The lowest BCUT2D eigenvalue weighted by molar-refractivity contribution is -0.384. The lowest BCUT2D eigenvalue weighted by Crippen LogP contribution is -1.99. The van der Waals surface area contributed by atoms with E-state index in [0.717, 1.165) is 16.9 Å². The Labute approximate surface area is 160 Å². The Morgan fingerprint density at radius 1 is 0.893 bits per heavy atom. The highest BCUT2D eigenvalue weighted by Crippen LogP contribution is 2.25. The number of non-ortho nitro benzene ring substituents is 1. The summed E-state index contributed by atoms with van der Waals surface area (Å²) < 4.78 is 1.77. The molecule has 4 rings (SSSR count). The van der Waals surface area contributed by atoms with E-state index >= 15 is 0 Å². The quantitative estimate of drug-likeness (QED) is 0.292. The average molecular weight is 369 g/mol. The standard InChI is InChI=1S/C21H15N5O2/c27-26(28)19-13-11-17(12-14-19)22-15-20-21(16-7-3-1-4-8-16)25(24-23-20)18-9-5-2-6-10-18/h1-15H. The van der Waals surface area contributed by atoms with Gasteiger partial charge in [0.25, 0.3) is 5.69 Å². The lowest BCUT2D eigenvalue weighted by Gasteiger charge is -2.07. The normalized spacial score (nSPS) is 11.0. The van der Waals surface area contributed by atoms with Crippen molar-refractivity contribution in [2.45, 2.75) is 0 Å². The maximum Gasteiger partial charge on any atom is 0.269 e. The van der Waals surface area contributed by atoms with Crippen molar-refractivity contribution in [3.8, 4) is 16.9 Å². The summed E-state index contributed by atoms with van der Waals surface area (Å²) in [6.07, 6.45) is 1.62. The molecule has 0 aliphatic carbocycles. The van der Waals surface area contributed by atoms with Gasteiger partial charge in [0.15, 0.2) is 0 Å². The maximum absolute atomic E-state index is 10.8. The van der Waals surface area contributed by atoms with Crippen LogP contribution in [0.1, 0.15) is 5.69 Å². The average Bonchev–Trinajstić information content (AvgIpc) is 3.18. The Balaban J connectivity index is 1.75. The van der Waals surface area contributed by atoms with Gasteiger partial charge in [0.1, 0.15) is 11.4 Å². The molecule has 0 aliphatic heterocycles. The molecular weight excluding hydrogens is 354 g/mol. The molecule has 0 aliphatic rings. The van der Waals surface area contributed by atoms with Crippen molar-refractivity contribution in [3.05, 3.63) is 101 Å². The van der Waals surface area contributed by atoms with Gasteiger partial charge in [-0.1, -0.05) is 53.7 Å². The number of hydrogen-bond donors (Lipinski definition) is 0. The van der Waals surface area contributed by atoms with Gasteiger partial charge in [-0.25, -0.2) is 4.68 Å². The predicted octanol–water partition coefficient (Wildman–Crippen LogP) is 4.59. The molecule has 3 aromatic carbocycles. The van der Waals surface area contributed by atoms with E-state index in [2.05, 4.69) is 15.3 Å². The fourth-order valence-electron chi connectivity index (χ4n) is 2.79. The van der Waals surface area contributed by atoms with Crippen LogP contribution in [-0.4, -0.2) is 26.1 Å². The van der Waals surface area contributed by atoms with Crippen LogP contribution in [0.5, 0.6) is 0 Å². The molecule has 0 saturated heterocycles. The summed E-state index contributed by atoms with van der Waals surface area (Å²) in [4.78, 5) is 14.7. The van der Waals surface area contributed by atoms with E-state index in [1.165, 1.54) is 12.1 Å². The van der Waals surface area contributed by atoms with Crippen molar-refractivity contribution in [2.24, 2.45) is 4.99 Å². The van der Waals surface area contributed by atoms with Crippen LogP contribution in [0.15, 0.2) is 89.9 Å². The Kier molecular flexibility index (Phi) is 4.71. The Morgan fingerprint density at radius 3 is 2.18 bits per heavy atom. The molecule has 1 heterocycles. The number of aliphatic imine (C=N–C) groups is 1. The third-order valence-corrected chi connectivity index (χ3v) is 4.14. The van der Waals surface area contributed by atoms with E-state index in [-0.39, 0.29) is 5.69 Å². The first-order valence-electron chi connectivity index (χ1n) is 8.57. The highest BCUT2D eigenvalue weighted by Gasteiger charge is 2.15. The Bertz CT molecular complexity index is 1120. The first-order valence-corrected chi connectivity index (χ1v) is 8.57. The van der Waals surface area contributed by atoms with Gasteiger partial charge in [-0.15, -0.1) is 5.10 Å². The zero-order valence-corrected chi connectivity index (χ0v) is 14.7. The molecule has 0 bridgehead atoms. The largest absolute Gasteiger partial charge is 0.269 e. The van der Waals surface area contributed by atoms with Crippen molar-refractivity contribution < 1.29 is 4.92 Å². The van der Waals surface area contributed by atoms with Gasteiger partial charge in [-0.2, -0.15) is 0 Å². The molecule has 0 saturated carbocycles. The molecular formula is C21H15N5O2. The van der Waals surface area contributed by atoms with Gasteiger partial charge in [-0.3, -0.25) is 15.1 Å². The second-order valence-corrected chi connectivity index (χ2v) is 5.97. The lowest BCUT2D eigenvalue weighted by atomic mass is 10.1. The van der Waals surface area contributed by atoms with Crippen LogP contribution < -0.4 is 0 Å². The van der Waals surface area contributed by atoms with Crippen LogP contribution in [0.4, 0.5) is 11.4 Å². The van der Waals surface area contributed by atoms with Gasteiger partial charge >= 0.3 is 0 Å². The molecule has 0 spiro atoms. The van der Waals surface area contributed by atoms with Crippen LogP contribution in [-0.2, 0) is 0 Å². The third kappa shape index (κ3) is 3.54. The van der Waals surface area contributed by atoms with Crippen LogP contribution in [0.25, 0.3) is 16.9 Å². The van der Waals surface area contributed by atoms with Gasteiger partial charge in [0.2, 0.25) is 0 Å². The molecule has 0 N–H and O–H groups in total. The zero-order valence-electron chi connectivity index (χ0n) is 14.7. The van der Waals surface area contributed by atoms with E-state index in [4.69, 9.17) is 0 Å². The fourth-order valence-corrected chi connectivity index (χ4v) is 2.79. The number of nitrogens with zero attached hydrogens (tertiary/aromatic N) is 5. The van der Waals surface area contributed by atoms with Crippen molar-refractivity contribution in [1.29, 1.82) is 0 Å². The fraction of sp³-hybridized carbons (Fsp3) is 0. The smallest absolute Gasteiger partial charge is 0.258 e. The molecule has 0 radical (unpaired) electrons. The number of rotatable bonds is 5. The molecule has 0 fully saturated rings. The molecule has 0 unspecified atom stereocenters. The minimum Gasteiger partial charge on any atom is -0.258 e. The molecule has 28 heavy (non-hydrogen) atoms. The first-order chi connectivity index (χ1) is 13.7. The number of nitro benzene ring substituents is 1. The summed E-state index contributed by atoms with van der Waals surface area (Å²) in [5.74, 6) is 0. The second kappa shape index (κ2) is 7.63. The van der Waals surface area contributed by atoms with E-state index < -0.39 is 4.92 Å². The summed E-state index contributed by atoms with van der Waals surface area (Å²) in [5.41, 5.74) is 3.90. The van der Waals surface area contributed by atoms with Gasteiger partial charge in [0.05, 0.1) is 22.5 Å². The van der Waals surface area contributed by atoms with Crippen molar-refractivity contribution >= 4 is 17.6 Å². The molecule has 7 heteroatoms. The molecule has 7 nitrogen and oxygen atoms in total.